The quantitative estimate of drug-likeness (QED) is 0.123. The minimum absolute atomic E-state index is 1.25. The average Bonchev–Trinajstić information content (AvgIpc) is 2.84. The molecule has 278 valence electrons. The highest BCUT2D eigenvalue weighted by Gasteiger charge is 2.77. The van der Waals surface area contributed by atoms with E-state index in [0.29, 0.717) is 0 Å². The lowest BCUT2D eigenvalue weighted by Gasteiger charge is -2.41. The summed E-state index contributed by atoms with van der Waals surface area (Å²) in [6.07, 6.45) is -56.9. The van der Waals surface area contributed by atoms with Crippen LogP contribution >= 0.6 is 0 Å². The van der Waals surface area contributed by atoms with E-state index in [-0.39, 0.29) is 0 Å². The Hall–Kier alpha value is -1.87. The van der Waals surface area contributed by atoms with E-state index in [2.05, 4.69) is 0 Å². The van der Waals surface area contributed by atoms with E-state index in [1.165, 1.54) is 14.8 Å². The van der Waals surface area contributed by atoms with Crippen LogP contribution in [0.3, 0.4) is 0 Å². The van der Waals surface area contributed by atoms with E-state index in [9.17, 15) is 106 Å². The van der Waals surface area contributed by atoms with Gasteiger partial charge in [0.05, 0.1) is 19.3 Å². The molecule has 0 amide bonds. The van der Waals surface area contributed by atoms with Gasteiger partial charge in [0, 0.05) is 19.3 Å². The highest BCUT2D eigenvalue weighted by molar-refractivity contribution is 5.07. The molecule has 3 unspecified atom stereocenters. The van der Waals surface area contributed by atoms with Crippen LogP contribution in [0.1, 0.15) is 38.5 Å². The molecule has 0 N–H and O–H groups in total. The Morgan fingerprint density at radius 2 is 0.848 bits per heavy atom. The number of halogens is 25. The molecule has 3 atom stereocenters. The third kappa shape index (κ3) is 9.61. The van der Waals surface area contributed by atoms with Crippen LogP contribution < -0.4 is 0 Å². The Morgan fingerprint density at radius 1 is 0.435 bits per heavy atom. The molecule has 0 spiro atoms. The Labute approximate surface area is 236 Å². The monoisotopic (exact) mass is 752 g/mol. The van der Waals surface area contributed by atoms with Gasteiger partial charge in [-0.25, -0.2) is 30.7 Å². The van der Waals surface area contributed by atoms with Gasteiger partial charge in [-0.1, -0.05) is 0 Å². The van der Waals surface area contributed by atoms with Crippen LogP contribution in [0.4, 0.5) is 110 Å². The Kier molecular flexibility index (Phi) is 12.7. The van der Waals surface area contributed by atoms with Gasteiger partial charge < -0.3 is 0 Å². The molecule has 0 aliphatic rings. The molecule has 3 nitrogen and oxygen atoms in total. The lowest BCUT2D eigenvalue weighted by Crippen LogP contribution is -2.61. The molecule has 0 aromatic carbocycles. The largest absolute Gasteiger partial charge is 0.453 e. The third-order valence-corrected chi connectivity index (χ3v) is 5.77. The smallest absolute Gasteiger partial charge is 0.240 e. The predicted molar refractivity (Wildman–Crippen MR) is 92.5 cm³/mol. The van der Waals surface area contributed by atoms with Gasteiger partial charge in [-0.3, -0.25) is 0 Å². The summed E-state index contributed by atoms with van der Waals surface area (Å²) in [6.45, 7) is 0. The maximum atomic E-state index is 15.1. The highest BCUT2D eigenvalue weighted by atomic mass is 19.4. The van der Waals surface area contributed by atoms with Crippen molar-refractivity contribution in [1.82, 2.24) is 0 Å². The van der Waals surface area contributed by atoms with Crippen molar-refractivity contribution in [2.75, 3.05) is 0 Å². The minimum Gasteiger partial charge on any atom is -0.240 e. The fourth-order valence-corrected chi connectivity index (χ4v) is 3.59. The van der Waals surface area contributed by atoms with Crippen molar-refractivity contribution in [3.05, 3.63) is 0 Å². The summed E-state index contributed by atoms with van der Waals surface area (Å²) in [6, 6.07) is 0. The second-order valence-electron chi connectivity index (χ2n) is 9.59. The lowest BCUT2D eigenvalue weighted by molar-refractivity contribution is -0.448. The summed E-state index contributed by atoms with van der Waals surface area (Å²) in [4.78, 5) is 4.10. The maximum Gasteiger partial charge on any atom is 0.453 e. The number of hydrogen-bond acceptors (Lipinski definition) is 3. The van der Waals surface area contributed by atoms with Crippen molar-refractivity contribution in [2.24, 2.45) is 0 Å². The first kappa shape index (κ1) is 44.1. The van der Waals surface area contributed by atoms with Crippen molar-refractivity contribution < 1.29 is 125 Å². The van der Waals surface area contributed by atoms with Crippen molar-refractivity contribution in [2.45, 2.75) is 110 Å². The Balaban J connectivity index is 7.02. The molecular formula is C18H13F25O3. The molecule has 0 aliphatic carbocycles. The zero-order chi connectivity index (χ0) is 37.4. The molecule has 0 bridgehead atoms. The zero-order valence-corrected chi connectivity index (χ0v) is 21.0. The Morgan fingerprint density at radius 3 is 1.22 bits per heavy atom. The Bertz CT molecular complexity index is 997. The molecule has 0 saturated carbocycles. The number of rotatable bonds is 19. The highest BCUT2D eigenvalue weighted by Crippen LogP contribution is 2.57. The summed E-state index contributed by atoms with van der Waals surface area (Å²) in [5.41, 5.74) is -13.2. The molecule has 46 heavy (non-hydrogen) atoms. The summed E-state index contributed by atoms with van der Waals surface area (Å²) >= 11 is 0. The fraction of sp³-hybridized carbons (Fsp3) is 1.00. The first-order valence-electron chi connectivity index (χ1n) is 10.9. The first-order chi connectivity index (χ1) is 19.9. The van der Waals surface area contributed by atoms with E-state index in [1.807, 2.05) is 0 Å². The fourth-order valence-electron chi connectivity index (χ4n) is 3.59. The van der Waals surface area contributed by atoms with Crippen molar-refractivity contribution >= 4 is 0 Å². The third-order valence-electron chi connectivity index (χ3n) is 5.77. The normalized spacial score (nSPS) is 18.7. The SMILES string of the molecule is FOC(F)(F)C(F)C(F)(CC(F)(F)CC(F)(CC(F)(F)CCC(F)(F)C(F)(F)OF)C(F)(F)C(F)(F)OF)CC(F)(F)C(F)(F)F. The molecule has 0 aromatic rings. The van der Waals surface area contributed by atoms with Gasteiger partial charge >= 0.3 is 42.3 Å². The van der Waals surface area contributed by atoms with Gasteiger partial charge in [0.25, 0.3) is 11.8 Å². The number of hydrogen-bond donors (Lipinski definition) is 0. The molecule has 0 radical (unpaired) electrons. The van der Waals surface area contributed by atoms with Crippen molar-refractivity contribution in [3.8, 4) is 0 Å². The van der Waals surface area contributed by atoms with E-state index >= 15 is 4.39 Å². The minimum atomic E-state index is -7.56. The molecule has 28 heteroatoms. The maximum absolute atomic E-state index is 15.1. The van der Waals surface area contributed by atoms with Gasteiger partial charge in [0.2, 0.25) is 6.17 Å². The van der Waals surface area contributed by atoms with Crippen LogP contribution in [-0.4, -0.2) is 71.6 Å². The second kappa shape index (κ2) is 13.2. The van der Waals surface area contributed by atoms with Crippen LogP contribution in [0.2, 0.25) is 0 Å². The predicted octanol–water partition coefficient (Wildman–Crippen LogP) is 10.3. The summed E-state index contributed by atoms with van der Waals surface area (Å²) in [7, 11) is 0. The summed E-state index contributed by atoms with van der Waals surface area (Å²) in [5, 5.41) is 0. The standard InChI is InChI=1S/C18H13F25O3/c19-7(14(30,31)44-41)8(20,4-13(28,29)16(34,35)36)3-11(24,25)6-9(21,15(32,33)18(39,40)46-43)5-10(22,23)1-2-12(26,27)17(37,38)45-42/h7H,1-6H2. The van der Waals surface area contributed by atoms with Gasteiger partial charge in [0.1, 0.15) is 0 Å². The molecule has 0 fully saturated rings. The molecular weight excluding hydrogens is 739 g/mol. The van der Waals surface area contributed by atoms with Gasteiger partial charge in [-0.05, 0) is 13.6 Å². The summed E-state index contributed by atoms with van der Waals surface area (Å²) < 4.78 is 334. The topological polar surface area (TPSA) is 27.7 Å². The van der Waals surface area contributed by atoms with Crippen LogP contribution in [0.25, 0.3) is 0 Å². The molecule has 0 aromatic heterocycles. The lowest BCUT2D eigenvalue weighted by atomic mass is 9.78. The first-order valence-corrected chi connectivity index (χ1v) is 10.9. The van der Waals surface area contributed by atoms with E-state index in [4.69, 9.17) is 0 Å². The van der Waals surface area contributed by atoms with E-state index < -0.39 is 110 Å². The van der Waals surface area contributed by atoms with Gasteiger partial charge in [-0.15, -0.1) is 14.8 Å². The summed E-state index contributed by atoms with van der Waals surface area (Å²) in [5.74, 6) is -33.3. The molecule has 0 heterocycles. The van der Waals surface area contributed by atoms with Gasteiger partial charge in [-0.2, -0.15) is 65.9 Å². The van der Waals surface area contributed by atoms with Gasteiger partial charge in [0.15, 0.2) is 11.3 Å². The molecule has 0 saturated heterocycles. The van der Waals surface area contributed by atoms with Crippen molar-refractivity contribution in [3.63, 3.8) is 0 Å². The average molecular weight is 752 g/mol. The van der Waals surface area contributed by atoms with E-state index in [0.717, 1.165) is 0 Å². The molecule has 0 aliphatic heterocycles. The zero-order valence-electron chi connectivity index (χ0n) is 21.0. The van der Waals surface area contributed by atoms with Crippen molar-refractivity contribution in [1.29, 1.82) is 0 Å². The number of alkyl halides is 22. The van der Waals surface area contributed by atoms with Crippen LogP contribution in [0, 0.1) is 0 Å². The van der Waals surface area contributed by atoms with Crippen LogP contribution in [0.5, 0.6) is 0 Å². The molecule has 0 rings (SSSR count). The second-order valence-corrected chi connectivity index (χ2v) is 9.59. The van der Waals surface area contributed by atoms with Crippen LogP contribution in [0.15, 0.2) is 0 Å². The van der Waals surface area contributed by atoms with Crippen LogP contribution in [-0.2, 0) is 14.8 Å². The van der Waals surface area contributed by atoms with E-state index in [1.54, 1.807) is 0 Å².